The number of amides is 2. The highest BCUT2D eigenvalue weighted by Gasteiger charge is 2.36. The van der Waals surface area contributed by atoms with E-state index in [-0.39, 0.29) is 29.6 Å². The van der Waals surface area contributed by atoms with Crippen LogP contribution in [0.1, 0.15) is 41.9 Å². The normalized spacial score (nSPS) is 19.4. The lowest BCUT2D eigenvalue weighted by atomic mass is 9.86. The maximum atomic E-state index is 13.7. The molecule has 0 bridgehead atoms. The molecule has 1 saturated carbocycles. The standard InChI is InChI=1S/C31H35N5O2/c1-34-16-14-23(17-30(34)37)26-13-15-32-18-28(26)33-31(38)36(25-11-12-25)21-24-20-35(19-22-7-3-2-4-8-22)29-10-6-5-9-27(24)29/h2-10,14,16-17,20,25-26,28,32H,11-13,15,18-19,21H2,1H3,(H,33,38)/t26-,28+/m0/s1. The lowest BCUT2D eigenvalue weighted by Gasteiger charge is -2.35. The molecule has 1 aliphatic heterocycles. The van der Waals surface area contributed by atoms with Crippen molar-refractivity contribution >= 4 is 16.9 Å². The minimum absolute atomic E-state index is 0.0161. The number of rotatable bonds is 7. The molecule has 0 unspecified atom stereocenters. The van der Waals surface area contributed by atoms with Gasteiger partial charge in [-0.05, 0) is 54.6 Å². The van der Waals surface area contributed by atoms with Crippen molar-refractivity contribution in [2.45, 2.75) is 50.4 Å². The summed E-state index contributed by atoms with van der Waals surface area (Å²) in [5, 5.41) is 7.97. The van der Waals surface area contributed by atoms with E-state index in [0.29, 0.717) is 13.1 Å². The van der Waals surface area contributed by atoms with Gasteiger partial charge in [0.15, 0.2) is 0 Å². The summed E-state index contributed by atoms with van der Waals surface area (Å²) in [7, 11) is 1.76. The third kappa shape index (κ3) is 5.11. The van der Waals surface area contributed by atoms with Gasteiger partial charge in [-0.3, -0.25) is 4.79 Å². The van der Waals surface area contributed by atoms with Crippen molar-refractivity contribution in [1.82, 2.24) is 24.7 Å². The Morgan fingerprint density at radius 1 is 1.05 bits per heavy atom. The van der Waals surface area contributed by atoms with Crippen molar-refractivity contribution < 1.29 is 4.79 Å². The van der Waals surface area contributed by atoms with Gasteiger partial charge >= 0.3 is 6.03 Å². The Labute approximate surface area is 223 Å². The number of benzene rings is 2. The highest BCUT2D eigenvalue weighted by Crippen LogP contribution is 2.32. The number of pyridine rings is 1. The van der Waals surface area contributed by atoms with E-state index in [1.807, 2.05) is 23.2 Å². The predicted molar refractivity (Wildman–Crippen MR) is 150 cm³/mol. The zero-order valence-corrected chi connectivity index (χ0v) is 21.8. The first-order chi connectivity index (χ1) is 18.6. The molecule has 1 aliphatic carbocycles. The fourth-order valence-electron chi connectivity index (χ4n) is 5.74. The number of piperidine rings is 1. The number of nitrogens with zero attached hydrogens (tertiary/aromatic N) is 3. The molecule has 0 spiro atoms. The second kappa shape index (κ2) is 10.5. The average molecular weight is 510 g/mol. The monoisotopic (exact) mass is 509 g/mol. The molecule has 7 nitrogen and oxygen atoms in total. The van der Waals surface area contributed by atoms with Gasteiger partial charge in [-0.1, -0.05) is 48.5 Å². The average Bonchev–Trinajstić information content (AvgIpc) is 3.73. The van der Waals surface area contributed by atoms with Crippen LogP contribution >= 0.6 is 0 Å². The summed E-state index contributed by atoms with van der Waals surface area (Å²) in [4.78, 5) is 28.1. The zero-order chi connectivity index (χ0) is 26.1. The van der Waals surface area contributed by atoms with Gasteiger partial charge in [0, 0.05) is 74.0 Å². The van der Waals surface area contributed by atoms with Crippen molar-refractivity contribution in [1.29, 1.82) is 0 Å². The molecule has 2 aromatic heterocycles. The number of carbonyl (C=O) groups excluding carboxylic acids is 1. The van der Waals surface area contributed by atoms with E-state index in [1.54, 1.807) is 17.7 Å². The van der Waals surface area contributed by atoms with Crippen LogP contribution in [0.3, 0.4) is 0 Å². The summed E-state index contributed by atoms with van der Waals surface area (Å²) in [6, 6.07) is 22.9. The molecular formula is C31H35N5O2. The van der Waals surface area contributed by atoms with Crippen LogP contribution in [0.4, 0.5) is 4.79 Å². The van der Waals surface area contributed by atoms with Gasteiger partial charge in [0.05, 0.1) is 0 Å². The quantitative estimate of drug-likeness (QED) is 0.392. The van der Waals surface area contributed by atoms with Gasteiger partial charge in [-0.2, -0.15) is 0 Å². The first-order valence-corrected chi connectivity index (χ1v) is 13.6. The predicted octanol–water partition coefficient (Wildman–Crippen LogP) is 4.21. The summed E-state index contributed by atoms with van der Waals surface area (Å²) in [6.07, 6.45) is 6.99. The summed E-state index contributed by atoms with van der Waals surface area (Å²) in [5.41, 5.74) is 4.59. The Kier molecular flexibility index (Phi) is 6.77. The minimum Gasteiger partial charge on any atom is -0.343 e. The first-order valence-electron chi connectivity index (χ1n) is 13.6. The Morgan fingerprint density at radius 2 is 1.84 bits per heavy atom. The SMILES string of the molecule is Cn1ccc([C@@H]2CCNC[C@H]2NC(=O)N(Cc2cn(Cc3ccccc3)c3ccccc23)C2CC2)cc1=O. The number of urea groups is 1. The molecule has 6 rings (SSSR count). The molecule has 2 amide bonds. The molecule has 38 heavy (non-hydrogen) atoms. The summed E-state index contributed by atoms with van der Waals surface area (Å²) in [6.45, 7) is 2.94. The topological polar surface area (TPSA) is 71.3 Å². The Bertz CT molecular complexity index is 1490. The lowest BCUT2D eigenvalue weighted by molar-refractivity contribution is 0.183. The van der Waals surface area contributed by atoms with Crippen LogP contribution in [-0.2, 0) is 20.1 Å². The fraction of sp³-hybridized carbons (Fsp3) is 0.355. The van der Waals surface area contributed by atoms with Gasteiger partial charge in [0.2, 0.25) is 0 Å². The van der Waals surface area contributed by atoms with Gasteiger partial charge < -0.3 is 24.7 Å². The molecule has 2 fully saturated rings. The van der Waals surface area contributed by atoms with Gasteiger partial charge in [0.25, 0.3) is 5.56 Å². The van der Waals surface area contributed by atoms with E-state index in [2.05, 4.69) is 69.9 Å². The number of aryl methyl sites for hydroxylation is 1. The fourth-order valence-corrected chi connectivity index (χ4v) is 5.74. The van der Waals surface area contributed by atoms with E-state index < -0.39 is 0 Å². The minimum atomic E-state index is -0.0657. The van der Waals surface area contributed by atoms with Crippen LogP contribution in [0.15, 0.2) is 83.9 Å². The van der Waals surface area contributed by atoms with Crippen LogP contribution in [0.25, 0.3) is 10.9 Å². The molecule has 3 heterocycles. The van der Waals surface area contributed by atoms with Gasteiger partial charge in [0.1, 0.15) is 0 Å². The largest absolute Gasteiger partial charge is 0.343 e. The summed E-state index contributed by atoms with van der Waals surface area (Å²) in [5.74, 6) is 0.114. The molecule has 1 saturated heterocycles. The van der Waals surface area contributed by atoms with Gasteiger partial charge in [-0.25, -0.2) is 4.79 Å². The number of hydrogen-bond acceptors (Lipinski definition) is 3. The molecule has 196 valence electrons. The van der Waals surface area contributed by atoms with E-state index in [0.717, 1.165) is 37.9 Å². The van der Waals surface area contributed by atoms with Crippen molar-refractivity contribution in [3.63, 3.8) is 0 Å². The maximum absolute atomic E-state index is 13.7. The molecular weight excluding hydrogens is 474 g/mol. The highest BCUT2D eigenvalue weighted by molar-refractivity contribution is 5.85. The summed E-state index contributed by atoms with van der Waals surface area (Å²) < 4.78 is 3.88. The van der Waals surface area contributed by atoms with Crippen molar-refractivity contribution in [3.8, 4) is 0 Å². The number of carbonyl (C=O) groups is 1. The van der Waals surface area contributed by atoms with E-state index in [9.17, 15) is 9.59 Å². The molecule has 0 radical (unpaired) electrons. The smallest absolute Gasteiger partial charge is 0.318 e. The number of nitrogens with one attached hydrogen (secondary N) is 2. The molecule has 2 aromatic carbocycles. The number of aromatic nitrogens is 2. The lowest BCUT2D eigenvalue weighted by Crippen LogP contribution is -2.53. The second-order valence-electron chi connectivity index (χ2n) is 10.7. The maximum Gasteiger partial charge on any atom is 0.318 e. The molecule has 4 aromatic rings. The van der Waals surface area contributed by atoms with Crippen molar-refractivity contribution in [2.75, 3.05) is 13.1 Å². The highest BCUT2D eigenvalue weighted by atomic mass is 16.2. The molecule has 7 heteroatoms. The van der Waals surface area contributed by atoms with Crippen molar-refractivity contribution in [3.05, 3.63) is 106 Å². The molecule has 2 atom stereocenters. The van der Waals surface area contributed by atoms with E-state index >= 15 is 0 Å². The third-order valence-corrected chi connectivity index (χ3v) is 8.00. The summed E-state index contributed by atoms with van der Waals surface area (Å²) >= 11 is 0. The Balaban J connectivity index is 1.23. The second-order valence-corrected chi connectivity index (χ2v) is 10.7. The van der Waals surface area contributed by atoms with Crippen molar-refractivity contribution in [2.24, 2.45) is 7.05 Å². The van der Waals surface area contributed by atoms with Crippen LogP contribution in [-0.4, -0.2) is 45.2 Å². The Morgan fingerprint density at radius 3 is 2.63 bits per heavy atom. The number of fused-ring (bicyclic) bond motifs is 1. The molecule has 2 aliphatic rings. The van der Waals surface area contributed by atoms with Crippen LogP contribution in [0, 0.1) is 0 Å². The van der Waals surface area contributed by atoms with Gasteiger partial charge in [-0.15, -0.1) is 0 Å². The first kappa shape index (κ1) is 24.5. The van der Waals surface area contributed by atoms with Crippen LogP contribution < -0.4 is 16.2 Å². The zero-order valence-electron chi connectivity index (χ0n) is 21.8. The number of hydrogen-bond donors (Lipinski definition) is 2. The van der Waals surface area contributed by atoms with Crippen LogP contribution in [0.5, 0.6) is 0 Å². The van der Waals surface area contributed by atoms with E-state index in [1.165, 1.54) is 22.0 Å². The Hall–Kier alpha value is -3.84. The van der Waals surface area contributed by atoms with Crippen LogP contribution in [0.2, 0.25) is 0 Å². The number of para-hydroxylation sites is 1. The molecule has 2 N–H and O–H groups in total. The van der Waals surface area contributed by atoms with E-state index in [4.69, 9.17) is 0 Å². The third-order valence-electron chi connectivity index (χ3n) is 8.00.